The van der Waals surface area contributed by atoms with Crippen LogP contribution in [0.4, 0.5) is 4.79 Å². The predicted molar refractivity (Wildman–Crippen MR) is 160 cm³/mol. The fourth-order valence-electron chi connectivity index (χ4n) is 4.71. The lowest BCUT2D eigenvalue weighted by Gasteiger charge is -2.28. The number of nitrogens with one attached hydrogen (secondary N) is 1. The van der Waals surface area contributed by atoms with E-state index in [0.717, 1.165) is 28.7 Å². The second kappa shape index (κ2) is 13.8. The third kappa shape index (κ3) is 10.8. The summed E-state index contributed by atoms with van der Waals surface area (Å²) in [5.74, 6) is 0. The van der Waals surface area contributed by atoms with Crippen molar-refractivity contribution < 1.29 is 27.6 Å². The molecular weight excluding hydrogens is 542 g/mol. The van der Waals surface area contributed by atoms with Gasteiger partial charge < -0.3 is 9.64 Å². The summed E-state index contributed by atoms with van der Waals surface area (Å²) in [6.07, 6.45) is 2.61. The molecule has 0 fully saturated rings. The SMILES string of the molecule is CC(C)(C)OC(=O)N(CCCc1ccc(CN(C=O)OC(C)(C)C)cc1)CCNS(=O)(=O)C1Cc2ccccc2C1. The van der Waals surface area contributed by atoms with Crippen molar-refractivity contribution >= 4 is 22.5 Å². The van der Waals surface area contributed by atoms with Crippen LogP contribution in [0.15, 0.2) is 48.5 Å². The predicted octanol–water partition coefficient (Wildman–Crippen LogP) is 4.63. The van der Waals surface area contributed by atoms with E-state index in [0.29, 0.717) is 38.8 Å². The highest BCUT2D eigenvalue weighted by Crippen LogP contribution is 2.26. The third-order valence-electron chi connectivity index (χ3n) is 6.55. The van der Waals surface area contributed by atoms with Crippen LogP contribution in [-0.4, -0.2) is 67.0 Å². The van der Waals surface area contributed by atoms with E-state index >= 15 is 0 Å². The molecule has 0 aromatic heterocycles. The van der Waals surface area contributed by atoms with Crippen molar-refractivity contribution in [1.82, 2.24) is 14.7 Å². The molecule has 1 N–H and O–H groups in total. The number of sulfonamides is 1. The Hall–Kier alpha value is -2.95. The highest BCUT2D eigenvalue weighted by Gasteiger charge is 2.32. The van der Waals surface area contributed by atoms with Crippen molar-refractivity contribution in [3.63, 3.8) is 0 Å². The van der Waals surface area contributed by atoms with Gasteiger partial charge in [-0.1, -0.05) is 48.5 Å². The average Bonchev–Trinajstić information content (AvgIpc) is 3.32. The Morgan fingerprint density at radius 3 is 2.05 bits per heavy atom. The number of carbonyl (C=O) groups excluding carboxylic acids is 2. The van der Waals surface area contributed by atoms with Crippen LogP contribution in [0.25, 0.3) is 0 Å². The van der Waals surface area contributed by atoms with Crippen LogP contribution in [0.2, 0.25) is 0 Å². The smallest absolute Gasteiger partial charge is 0.410 e. The Kier molecular flexibility index (Phi) is 11.0. The number of hydrogen-bond acceptors (Lipinski definition) is 6. The number of nitrogens with zero attached hydrogens (tertiary/aromatic N) is 2. The summed E-state index contributed by atoms with van der Waals surface area (Å²) in [5.41, 5.74) is 3.05. The monoisotopic (exact) mass is 587 g/mol. The van der Waals surface area contributed by atoms with E-state index in [9.17, 15) is 18.0 Å². The molecule has 0 saturated carbocycles. The molecule has 0 bridgehead atoms. The molecule has 1 aliphatic carbocycles. The van der Waals surface area contributed by atoms with Crippen molar-refractivity contribution in [2.75, 3.05) is 19.6 Å². The molecule has 2 aromatic carbocycles. The van der Waals surface area contributed by atoms with Gasteiger partial charge in [0.25, 0.3) is 0 Å². The summed E-state index contributed by atoms with van der Waals surface area (Å²) in [6, 6.07) is 15.7. The summed E-state index contributed by atoms with van der Waals surface area (Å²) in [5, 5.41) is 0.782. The van der Waals surface area contributed by atoms with Crippen LogP contribution >= 0.6 is 0 Å². The van der Waals surface area contributed by atoms with Gasteiger partial charge in [-0.2, -0.15) is 0 Å². The van der Waals surface area contributed by atoms with Crippen LogP contribution in [0.1, 0.15) is 70.2 Å². The van der Waals surface area contributed by atoms with Gasteiger partial charge >= 0.3 is 6.09 Å². The van der Waals surface area contributed by atoms with Gasteiger partial charge in [0, 0.05) is 19.6 Å². The number of fused-ring (bicyclic) bond motifs is 1. The topological polar surface area (TPSA) is 105 Å². The van der Waals surface area contributed by atoms with Gasteiger partial charge in [0.05, 0.1) is 17.4 Å². The molecule has 0 unspecified atom stereocenters. The van der Waals surface area contributed by atoms with Crippen molar-refractivity contribution in [1.29, 1.82) is 0 Å². The highest BCUT2D eigenvalue weighted by atomic mass is 32.2. The first kappa shape index (κ1) is 32.6. The molecule has 0 radical (unpaired) electrons. The Morgan fingerprint density at radius 1 is 0.927 bits per heavy atom. The van der Waals surface area contributed by atoms with Gasteiger partial charge in [0.15, 0.2) is 0 Å². The van der Waals surface area contributed by atoms with Gasteiger partial charge in [0.1, 0.15) is 5.60 Å². The minimum absolute atomic E-state index is 0.118. The van der Waals surface area contributed by atoms with Crippen LogP contribution < -0.4 is 4.72 Å². The number of aryl methyl sites for hydroxylation is 1. The molecular formula is C31H45N3O6S. The number of hydrogen-bond donors (Lipinski definition) is 1. The van der Waals surface area contributed by atoms with Crippen molar-refractivity contribution in [3.05, 3.63) is 70.8 Å². The van der Waals surface area contributed by atoms with E-state index < -0.39 is 32.6 Å². The summed E-state index contributed by atoms with van der Waals surface area (Å²) in [4.78, 5) is 31.5. The first-order chi connectivity index (χ1) is 19.1. The molecule has 41 heavy (non-hydrogen) atoms. The Labute approximate surface area is 245 Å². The van der Waals surface area contributed by atoms with Crippen LogP contribution in [0.5, 0.6) is 0 Å². The zero-order valence-electron chi connectivity index (χ0n) is 25.2. The highest BCUT2D eigenvalue weighted by molar-refractivity contribution is 7.90. The largest absolute Gasteiger partial charge is 0.444 e. The number of amides is 2. The molecule has 3 rings (SSSR count). The van der Waals surface area contributed by atoms with E-state index in [4.69, 9.17) is 9.57 Å². The molecule has 2 aromatic rings. The van der Waals surface area contributed by atoms with E-state index in [1.807, 2.05) is 90.1 Å². The molecule has 1 aliphatic rings. The second-order valence-electron chi connectivity index (χ2n) is 12.5. The van der Waals surface area contributed by atoms with E-state index in [1.165, 1.54) is 5.06 Å². The molecule has 0 saturated heterocycles. The summed E-state index contributed by atoms with van der Waals surface area (Å²) < 4.78 is 34.3. The summed E-state index contributed by atoms with van der Waals surface area (Å²) >= 11 is 0. The number of rotatable bonds is 13. The molecule has 9 nitrogen and oxygen atoms in total. The number of hydroxylamine groups is 2. The minimum Gasteiger partial charge on any atom is -0.444 e. The van der Waals surface area contributed by atoms with Crippen molar-refractivity contribution in [2.45, 2.75) is 90.2 Å². The van der Waals surface area contributed by atoms with Crippen LogP contribution in [0.3, 0.4) is 0 Å². The molecule has 0 heterocycles. The van der Waals surface area contributed by atoms with Gasteiger partial charge in [-0.15, -0.1) is 0 Å². The number of carbonyl (C=O) groups is 2. The maximum absolute atomic E-state index is 13.0. The van der Waals surface area contributed by atoms with Gasteiger partial charge in [-0.25, -0.2) is 23.0 Å². The molecule has 10 heteroatoms. The molecule has 0 spiro atoms. The molecule has 226 valence electrons. The van der Waals surface area contributed by atoms with Crippen LogP contribution in [0, 0.1) is 0 Å². The fraction of sp³-hybridized carbons (Fsp3) is 0.548. The van der Waals surface area contributed by atoms with Crippen molar-refractivity contribution in [2.24, 2.45) is 0 Å². The average molecular weight is 588 g/mol. The zero-order valence-corrected chi connectivity index (χ0v) is 26.0. The molecule has 2 amide bonds. The standard InChI is InChI=1S/C31H45N3O6S/c1-30(2,3)39-29(36)33(19-17-32-41(37,38)28-20-26-11-7-8-12-27(26)21-28)18-9-10-24-13-15-25(16-14-24)22-34(23-35)40-31(4,5)6/h7-8,11-16,23,28,32H,9-10,17-22H2,1-6H3. The van der Waals surface area contributed by atoms with Crippen LogP contribution in [-0.2, 0) is 50.2 Å². The molecule has 0 aliphatic heterocycles. The Balaban J connectivity index is 1.53. The Morgan fingerprint density at radius 2 is 1.51 bits per heavy atom. The first-order valence-corrected chi connectivity index (χ1v) is 15.7. The normalized spacial score (nSPS) is 14.0. The van der Waals surface area contributed by atoms with Gasteiger partial charge in [0.2, 0.25) is 16.4 Å². The zero-order chi connectivity index (χ0) is 30.3. The number of benzene rings is 2. The lowest BCUT2D eigenvalue weighted by atomic mass is 10.1. The second-order valence-corrected chi connectivity index (χ2v) is 14.6. The maximum Gasteiger partial charge on any atom is 0.410 e. The fourth-order valence-corrected chi connectivity index (χ4v) is 6.12. The first-order valence-electron chi connectivity index (χ1n) is 14.2. The maximum atomic E-state index is 13.0. The lowest BCUT2D eigenvalue weighted by molar-refractivity contribution is -0.220. The van der Waals surface area contributed by atoms with E-state index in [1.54, 1.807) is 4.90 Å². The minimum atomic E-state index is -3.54. The van der Waals surface area contributed by atoms with E-state index in [2.05, 4.69) is 4.72 Å². The van der Waals surface area contributed by atoms with E-state index in [-0.39, 0.29) is 13.1 Å². The summed E-state index contributed by atoms with van der Waals surface area (Å²) in [6.45, 7) is 12.2. The van der Waals surface area contributed by atoms with Crippen molar-refractivity contribution in [3.8, 4) is 0 Å². The van der Waals surface area contributed by atoms with Gasteiger partial charge in [-0.05, 0) is 89.5 Å². The number of ether oxygens (including phenoxy) is 1. The third-order valence-corrected chi connectivity index (χ3v) is 8.37. The Bertz CT molecular complexity index is 1240. The summed E-state index contributed by atoms with van der Waals surface area (Å²) in [7, 11) is -3.54. The van der Waals surface area contributed by atoms with Gasteiger partial charge in [-0.3, -0.25) is 9.63 Å². The lowest BCUT2D eigenvalue weighted by Crippen LogP contribution is -2.43. The molecule has 0 atom stereocenters. The quantitative estimate of drug-likeness (QED) is 0.271.